The lowest BCUT2D eigenvalue weighted by Gasteiger charge is -2.31. The maximum Gasteiger partial charge on any atom is 0.305 e. The molecule has 2 atom stereocenters. The lowest BCUT2D eigenvalue weighted by molar-refractivity contribution is -0.137. The van der Waals surface area contributed by atoms with E-state index in [0.29, 0.717) is 30.6 Å². The summed E-state index contributed by atoms with van der Waals surface area (Å²) in [6.07, 6.45) is 11.1. The molecule has 12 heteroatoms. The molecule has 1 amide bonds. The predicted octanol–water partition coefficient (Wildman–Crippen LogP) is 12.8. The second kappa shape index (κ2) is 21.8. The number of fused-ring (bicyclic) bond motifs is 2. The number of hydrogen-bond acceptors (Lipinski definition) is 10. The Balaban J connectivity index is 0.000000200. The molecule has 3 aromatic heterocycles. The summed E-state index contributed by atoms with van der Waals surface area (Å²) in [5.41, 5.74) is 7.05. The largest absolute Gasteiger partial charge is 0.489 e. The molecule has 0 bridgehead atoms. The van der Waals surface area contributed by atoms with Gasteiger partial charge in [0.25, 0.3) is 5.91 Å². The van der Waals surface area contributed by atoms with Crippen molar-refractivity contribution >= 4 is 39.5 Å². The summed E-state index contributed by atoms with van der Waals surface area (Å²) in [4.78, 5) is 25.0. The Hall–Kier alpha value is -6.53. The van der Waals surface area contributed by atoms with Gasteiger partial charge in [0.05, 0.1) is 12.5 Å². The number of aliphatic carboxylic acids is 1. The number of rotatable bonds is 16. The number of aromatic nitrogens is 1. The average molecular weight is 910 g/mol. The maximum absolute atomic E-state index is 12.7. The van der Waals surface area contributed by atoms with Crippen LogP contribution in [0.1, 0.15) is 133 Å². The van der Waals surface area contributed by atoms with Gasteiger partial charge in [-0.3, -0.25) is 9.59 Å². The minimum Gasteiger partial charge on any atom is -0.489 e. The first-order valence-corrected chi connectivity index (χ1v) is 23.8. The zero-order valence-electron chi connectivity index (χ0n) is 39.1. The van der Waals surface area contributed by atoms with Crippen molar-refractivity contribution in [3.63, 3.8) is 0 Å². The molecule has 4 aromatic carbocycles. The Morgan fingerprint density at radius 3 is 1.91 bits per heavy atom. The molecule has 7 aromatic rings. The number of ether oxygens (including phenoxy) is 2. The molecule has 0 spiro atoms. The van der Waals surface area contributed by atoms with Crippen LogP contribution in [0.4, 0.5) is 5.69 Å². The minimum absolute atomic E-state index is 0.0232. The molecule has 67 heavy (non-hydrogen) atoms. The van der Waals surface area contributed by atoms with Crippen molar-refractivity contribution in [2.24, 2.45) is 11.8 Å². The van der Waals surface area contributed by atoms with E-state index >= 15 is 0 Å². The van der Waals surface area contributed by atoms with Gasteiger partial charge in [-0.25, -0.2) is 0 Å². The smallest absolute Gasteiger partial charge is 0.305 e. The lowest BCUT2D eigenvalue weighted by Crippen LogP contribution is -2.29. The summed E-state index contributed by atoms with van der Waals surface area (Å²) >= 11 is 0. The van der Waals surface area contributed by atoms with Gasteiger partial charge in [0.15, 0.2) is 0 Å². The summed E-state index contributed by atoms with van der Waals surface area (Å²) in [6, 6.07) is 31.1. The van der Waals surface area contributed by atoms with E-state index in [9.17, 15) is 14.7 Å². The third-order valence-electron chi connectivity index (χ3n) is 13.4. The normalized spacial score (nSPS) is 15.4. The number of amides is 1. The Labute approximate surface area is 392 Å². The number of nitrogens with zero attached hydrogens (tertiary/aromatic N) is 2. The number of benzene rings is 4. The summed E-state index contributed by atoms with van der Waals surface area (Å²) in [5.74, 6) is 3.56. The van der Waals surface area contributed by atoms with Crippen molar-refractivity contribution in [1.29, 1.82) is 0 Å². The van der Waals surface area contributed by atoms with Crippen LogP contribution in [-0.4, -0.2) is 45.7 Å². The Bertz CT molecular complexity index is 2720. The van der Waals surface area contributed by atoms with Gasteiger partial charge < -0.3 is 43.3 Å². The number of hydrogen-bond donors (Lipinski definition) is 3. The highest BCUT2D eigenvalue weighted by Crippen LogP contribution is 2.42. The monoisotopic (exact) mass is 909 g/mol. The van der Waals surface area contributed by atoms with Gasteiger partial charge >= 0.3 is 5.97 Å². The third kappa shape index (κ3) is 11.7. The van der Waals surface area contributed by atoms with Gasteiger partial charge in [-0.05, 0) is 125 Å². The quantitative estimate of drug-likeness (QED) is 0.0846. The first kappa shape index (κ1) is 47.0. The fraction of sp³-hybridized carbons (Fsp3) is 0.400. The fourth-order valence-corrected chi connectivity index (χ4v) is 9.58. The van der Waals surface area contributed by atoms with Crippen LogP contribution in [-0.2, 0) is 18.0 Å². The predicted molar refractivity (Wildman–Crippen MR) is 258 cm³/mol. The molecule has 9 rings (SSSR count). The van der Waals surface area contributed by atoms with Crippen LogP contribution in [0.2, 0.25) is 0 Å². The van der Waals surface area contributed by atoms with E-state index in [0.717, 1.165) is 104 Å². The third-order valence-corrected chi connectivity index (χ3v) is 13.4. The zero-order valence-corrected chi connectivity index (χ0v) is 39.1. The van der Waals surface area contributed by atoms with Crippen LogP contribution >= 0.6 is 0 Å². The Morgan fingerprint density at radius 2 is 1.31 bits per heavy atom. The van der Waals surface area contributed by atoms with Crippen LogP contribution in [0.5, 0.6) is 11.5 Å². The number of aliphatic hydroxyl groups excluding tert-OH is 1. The zero-order chi connectivity index (χ0) is 46.9. The number of anilines is 1. The first-order valence-electron chi connectivity index (χ1n) is 23.8. The average Bonchev–Trinajstić information content (AvgIpc) is 4.04. The molecular formula is C55H63N3O9. The van der Waals surface area contributed by atoms with Crippen molar-refractivity contribution in [2.75, 3.05) is 18.9 Å². The van der Waals surface area contributed by atoms with Crippen LogP contribution in [0.15, 0.2) is 110 Å². The van der Waals surface area contributed by atoms with Gasteiger partial charge in [-0.2, -0.15) is 0 Å². The van der Waals surface area contributed by atoms with E-state index in [-0.39, 0.29) is 24.9 Å². The Morgan fingerprint density at radius 1 is 0.731 bits per heavy atom. The van der Waals surface area contributed by atoms with Gasteiger partial charge in [0.1, 0.15) is 65.0 Å². The first-order chi connectivity index (χ1) is 32.5. The highest BCUT2D eigenvalue weighted by molar-refractivity contribution is 5.94. The molecule has 2 unspecified atom stereocenters. The minimum atomic E-state index is -0.927. The highest BCUT2D eigenvalue weighted by Gasteiger charge is 2.31. The van der Waals surface area contributed by atoms with Crippen molar-refractivity contribution in [1.82, 2.24) is 10.1 Å². The molecule has 3 heterocycles. The van der Waals surface area contributed by atoms with Gasteiger partial charge in [0, 0.05) is 52.8 Å². The molecule has 3 N–H and O–H groups in total. The number of carbonyl (C=O) groups excluding carboxylic acids is 1. The number of furan rings is 2. The topological polar surface area (TPSA) is 161 Å². The number of nitrogens with one attached hydrogen (secondary N) is 1. The SMILES string of the molecule is Cc1c(C(O)C2CCCCC2)oc2ccc(OCc3ccccc3)cc12.Cc1cc(COc2ccc3oc(C(Nc4ccc(C(=O)N(C)CCC(=O)O)cc4)C4CCCCC4)c(C)c3c2)no1. The van der Waals surface area contributed by atoms with E-state index < -0.39 is 12.1 Å². The van der Waals surface area contributed by atoms with Crippen LogP contribution < -0.4 is 14.8 Å². The molecule has 0 aliphatic heterocycles. The maximum atomic E-state index is 12.7. The van der Waals surface area contributed by atoms with Gasteiger partial charge in [-0.15, -0.1) is 0 Å². The summed E-state index contributed by atoms with van der Waals surface area (Å²) in [5, 5.41) is 29.5. The van der Waals surface area contributed by atoms with E-state index in [4.69, 9.17) is 27.9 Å². The molecule has 2 aliphatic carbocycles. The van der Waals surface area contributed by atoms with E-state index in [1.807, 2.05) is 86.6 Å². The lowest BCUT2D eigenvalue weighted by atomic mass is 9.82. The Kier molecular flexibility index (Phi) is 15.3. The summed E-state index contributed by atoms with van der Waals surface area (Å²) in [7, 11) is 1.62. The second-order valence-electron chi connectivity index (χ2n) is 18.3. The fourth-order valence-electron chi connectivity index (χ4n) is 9.58. The number of carbonyl (C=O) groups is 2. The highest BCUT2D eigenvalue weighted by atomic mass is 16.5. The molecular weight excluding hydrogens is 847 g/mol. The molecule has 12 nitrogen and oxygen atoms in total. The van der Waals surface area contributed by atoms with Crippen molar-refractivity contribution in [3.05, 3.63) is 142 Å². The molecule has 2 fully saturated rings. The van der Waals surface area contributed by atoms with E-state index in [1.54, 1.807) is 19.2 Å². The van der Waals surface area contributed by atoms with Crippen molar-refractivity contribution in [3.8, 4) is 11.5 Å². The van der Waals surface area contributed by atoms with E-state index in [2.05, 4.69) is 29.5 Å². The number of aliphatic hydroxyl groups is 1. The molecule has 0 radical (unpaired) electrons. The molecule has 2 saturated carbocycles. The summed E-state index contributed by atoms with van der Waals surface area (Å²) < 4.78 is 29.6. The number of aryl methyl sites for hydroxylation is 3. The number of carboxylic acids is 1. The van der Waals surface area contributed by atoms with Crippen LogP contribution in [0.25, 0.3) is 21.9 Å². The molecule has 352 valence electrons. The standard InChI is InChI=1S/C32H37N3O6.C23H26O3/c1-20-17-25(34-41-20)19-39-26-13-14-28-27(18-26)21(2)31(40-28)30(22-7-5-4-6-8-22)33-24-11-9-23(10-12-24)32(38)35(3)16-15-29(36)37;1-16-20-14-19(25-15-17-8-4-2-5-9-17)12-13-21(20)26-23(16)22(24)18-10-6-3-7-11-18/h9-14,17-18,22,30,33H,4-8,15-16,19H2,1-3H3,(H,36,37);2,4-5,8-9,12-14,18,22,24H,3,6-7,10-11,15H2,1H3. The summed E-state index contributed by atoms with van der Waals surface area (Å²) in [6.45, 7) is 7.02. The van der Waals surface area contributed by atoms with Crippen molar-refractivity contribution in [2.45, 2.75) is 117 Å². The van der Waals surface area contributed by atoms with E-state index in [1.165, 1.54) is 43.4 Å². The molecule has 2 aliphatic rings. The molecule has 0 saturated heterocycles. The number of carboxylic acid groups (broad SMARTS) is 1. The van der Waals surface area contributed by atoms with Crippen molar-refractivity contribution < 1.29 is 42.6 Å². The van der Waals surface area contributed by atoms with Gasteiger partial charge in [0.2, 0.25) is 0 Å². The van der Waals surface area contributed by atoms with Crippen LogP contribution in [0.3, 0.4) is 0 Å². The van der Waals surface area contributed by atoms with Gasteiger partial charge in [-0.1, -0.05) is 74.0 Å². The second-order valence-corrected chi connectivity index (χ2v) is 18.3. The van der Waals surface area contributed by atoms with Crippen LogP contribution in [0, 0.1) is 32.6 Å².